The zero-order valence-corrected chi connectivity index (χ0v) is 25.4. The second kappa shape index (κ2) is 12.5. The van der Waals surface area contributed by atoms with Crippen molar-refractivity contribution in [1.29, 1.82) is 0 Å². The van der Waals surface area contributed by atoms with Gasteiger partial charge in [0.25, 0.3) is 0 Å². The summed E-state index contributed by atoms with van der Waals surface area (Å²) in [5.74, 6) is 2.43. The van der Waals surface area contributed by atoms with Crippen molar-refractivity contribution in [2.45, 2.75) is 46.5 Å². The predicted octanol–water partition coefficient (Wildman–Crippen LogP) is 7.48. The molecular formula is C31H38IN5O2. The topological polar surface area (TPSA) is 78.9 Å². The normalized spacial score (nSPS) is 16.6. The molecule has 8 heteroatoms. The number of carbonyl (C=O) groups excluding carboxylic acids is 1. The molecule has 3 heterocycles. The first kappa shape index (κ1) is 27.6. The Balaban J connectivity index is 1.26. The molecule has 0 radical (unpaired) electrons. The van der Waals surface area contributed by atoms with Crippen molar-refractivity contribution in [1.82, 2.24) is 9.88 Å². The van der Waals surface area contributed by atoms with Gasteiger partial charge >= 0.3 is 208 Å². The summed E-state index contributed by atoms with van der Waals surface area (Å²) in [6.07, 6.45) is 3.44. The number of pyridine rings is 1. The second-order valence-corrected chi connectivity index (χ2v) is 16.0. The van der Waals surface area contributed by atoms with Gasteiger partial charge in [0.05, 0.1) is 0 Å². The van der Waals surface area contributed by atoms with E-state index in [2.05, 4.69) is 78.5 Å². The van der Waals surface area contributed by atoms with Gasteiger partial charge in [-0.25, -0.2) is 0 Å². The van der Waals surface area contributed by atoms with E-state index in [0.717, 1.165) is 57.9 Å². The van der Waals surface area contributed by atoms with E-state index in [9.17, 15) is 4.79 Å². The van der Waals surface area contributed by atoms with Crippen LogP contribution in [0.2, 0.25) is 0 Å². The first-order valence-corrected chi connectivity index (χ1v) is 17.5. The maximum absolute atomic E-state index is 12.8. The number of nitrogens with one attached hydrogen (secondary N) is 2. The molecule has 2 aliphatic heterocycles. The van der Waals surface area contributed by atoms with Crippen LogP contribution in [-0.2, 0) is 4.79 Å². The molecule has 206 valence electrons. The summed E-state index contributed by atoms with van der Waals surface area (Å²) >= 11 is -1.62. The minimum absolute atomic E-state index is 0.0283. The number of likely N-dealkylation sites (tertiary alicyclic amines) is 1. The van der Waals surface area contributed by atoms with Crippen LogP contribution in [-0.4, -0.2) is 43.7 Å². The van der Waals surface area contributed by atoms with Crippen LogP contribution in [0.5, 0.6) is 11.5 Å². The SMILES string of the molecule is CCN1CCC(C(=O)Nc2cc(Oc3ccc4c(c3)N=C(Nc3cccc(C(C)C)c3)I4CC)ccn2)CC1. The van der Waals surface area contributed by atoms with Crippen molar-refractivity contribution in [2.24, 2.45) is 10.9 Å². The van der Waals surface area contributed by atoms with Gasteiger partial charge in [-0.3, -0.25) is 0 Å². The number of amidine groups is 1. The summed E-state index contributed by atoms with van der Waals surface area (Å²) in [7, 11) is 0. The van der Waals surface area contributed by atoms with Crippen molar-refractivity contribution in [2.75, 3.05) is 34.7 Å². The summed E-state index contributed by atoms with van der Waals surface area (Å²) in [6.45, 7) is 11.8. The number of rotatable bonds is 8. The number of alkyl halides is 1. The molecule has 5 rings (SSSR count). The minimum atomic E-state index is -1.62. The van der Waals surface area contributed by atoms with Gasteiger partial charge in [0.15, 0.2) is 0 Å². The van der Waals surface area contributed by atoms with Crippen LogP contribution >= 0.6 is 19.8 Å². The van der Waals surface area contributed by atoms with Gasteiger partial charge in [-0.05, 0) is 19.6 Å². The quantitative estimate of drug-likeness (QED) is 0.152. The molecule has 0 saturated carbocycles. The third-order valence-corrected chi connectivity index (χ3v) is 12.9. The van der Waals surface area contributed by atoms with Crippen LogP contribution < -0.4 is 15.4 Å². The van der Waals surface area contributed by atoms with Crippen LogP contribution in [0.4, 0.5) is 17.2 Å². The van der Waals surface area contributed by atoms with Gasteiger partial charge in [0, 0.05) is 0 Å². The Morgan fingerprint density at radius 2 is 1.87 bits per heavy atom. The molecule has 1 aromatic heterocycles. The first-order chi connectivity index (χ1) is 18.9. The van der Waals surface area contributed by atoms with Gasteiger partial charge in [-0.15, -0.1) is 0 Å². The van der Waals surface area contributed by atoms with E-state index in [4.69, 9.17) is 9.73 Å². The number of piperidine rings is 1. The molecule has 0 unspecified atom stereocenters. The van der Waals surface area contributed by atoms with Crippen LogP contribution in [0, 0.1) is 9.49 Å². The molecule has 1 fully saturated rings. The summed E-state index contributed by atoms with van der Waals surface area (Å²) in [6, 6.07) is 18.4. The van der Waals surface area contributed by atoms with Crippen LogP contribution in [0.3, 0.4) is 0 Å². The molecule has 2 N–H and O–H groups in total. The number of nitrogens with zero attached hydrogens (tertiary/aromatic N) is 3. The van der Waals surface area contributed by atoms with Crippen LogP contribution in [0.25, 0.3) is 0 Å². The average Bonchev–Trinajstić information content (AvgIpc) is 3.29. The second-order valence-electron chi connectivity index (χ2n) is 10.2. The van der Waals surface area contributed by atoms with Crippen LogP contribution in [0.15, 0.2) is 65.8 Å². The van der Waals surface area contributed by atoms with Crippen molar-refractivity contribution in [3.05, 3.63) is 69.9 Å². The standard InChI is InChI=1S/C31H38IN5O2/c1-5-32-27-11-10-25(19-28(27)35-31(32)34-24-9-7-8-23(18-24)21(3)4)39-26-12-15-33-29(20-26)36-30(38)22-13-16-37(6-2)17-14-22/h7-12,15,18-22H,5-6,13-14,16-17H2,1-4H3,(H,34,35)(H,33,36,38). The fourth-order valence-corrected chi connectivity index (χ4v) is 9.80. The Kier molecular flexibility index (Phi) is 8.82. The zero-order valence-electron chi connectivity index (χ0n) is 23.2. The molecule has 1 amide bonds. The van der Waals surface area contributed by atoms with E-state index in [1.807, 2.05) is 18.2 Å². The zero-order chi connectivity index (χ0) is 27.4. The molecule has 0 aliphatic carbocycles. The minimum Gasteiger partial charge on any atom is -0.00112 e. The smallest absolute Gasteiger partial charge is 0.00112 e. The monoisotopic (exact) mass is 639 g/mol. The number of fused-ring (bicyclic) bond motifs is 1. The Bertz CT molecular complexity index is 1350. The van der Waals surface area contributed by atoms with Gasteiger partial charge < -0.3 is 4.90 Å². The van der Waals surface area contributed by atoms with Crippen molar-refractivity contribution < 1.29 is 9.53 Å². The molecule has 1 saturated heterocycles. The first-order valence-electron chi connectivity index (χ1n) is 13.9. The Labute approximate surface area is 238 Å². The fraction of sp³-hybridized carbons (Fsp3) is 0.387. The molecule has 2 aromatic carbocycles. The van der Waals surface area contributed by atoms with E-state index >= 15 is 0 Å². The molecule has 3 aromatic rings. The molecule has 0 bridgehead atoms. The number of aromatic nitrogens is 1. The third kappa shape index (κ3) is 6.61. The Morgan fingerprint density at radius 3 is 2.62 bits per heavy atom. The number of amides is 1. The number of anilines is 2. The van der Waals surface area contributed by atoms with E-state index in [-0.39, 0.29) is 11.8 Å². The van der Waals surface area contributed by atoms with Crippen molar-refractivity contribution in [3.8, 4) is 11.5 Å². The van der Waals surface area contributed by atoms with Gasteiger partial charge in [-0.1, -0.05) is 6.92 Å². The fourth-order valence-electron chi connectivity index (χ4n) is 4.96. The summed E-state index contributed by atoms with van der Waals surface area (Å²) in [5, 5.41) is 6.63. The number of benzene rings is 2. The maximum atomic E-state index is 12.8. The summed E-state index contributed by atoms with van der Waals surface area (Å²) < 4.78 is 9.78. The van der Waals surface area contributed by atoms with E-state index < -0.39 is 19.8 Å². The molecule has 7 nitrogen and oxygen atoms in total. The number of carbonyl (C=O) groups is 1. The number of aliphatic imine (C=N–C) groups is 1. The van der Waals surface area contributed by atoms with Gasteiger partial charge in [0.2, 0.25) is 0 Å². The van der Waals surface area contributed by atoms with Crippen molar-refractivity contribution >= 4 is 46.8 Å². The van der Waals surface area contributed by atoms with Gasteiger partial charge in [-0.2, -0.15) is 0 Å². The summed E-state index contributed by atoms with van der Waals surface area (Å²) in [5.41, 5.74) is 3.41. The number of ether oxygens (including phenoxy) is 1. The molecule has 2 aliphatic rings. The third-order valence-electron chi connectivity index (χ3n) is 7.29. The summed E-state index contributed by atoms with van der Waals surface area (Å²) in [4.78, 5) is 24.6. The molecule has 0 atom stereocenters. The van der Waals surface area contributed by atoms with Crippen molar-refractivity contribution in [3.63, 3.8) is 0 Å². The van der Waals surface area contributed by atoms with E-state index in [0.29, 0.717) is 17.5 Å². The number of hydrogen-bond acceptors (Lipinski definition) is 6. The molecule has 39 heavy (non-hydrogen) atoms. The Hall–Kier alpha value is -2.98. The van der Waals surface area contributed by atoms with E-state index in [1.54, 1.807) is 12.3 Å². The molecule has 0 spiro atoms. The van der Waals surface area contributed by atoms with E-state index in [1.165, 1.54) is 9.13 Å². The molecular weight excluding hydrogens is 601 g/mol. The predicted molar refractivity (Wildman–Crippen MR) is 169 cm³/mol. The Morgan fingerprint density at radius 1 is 1.08 bits per heavy atom. The number of hydrogen-bond donors (Lipinski definition) is 2. The van der Waals surface area contributed by atoms with Gasteiger partial charge in [0.1, 0.15) is 0 Å². The average molecular weight is 640 g/mol. The number of halogens is 1. The van der Waals surface area contributed by atoms with Crippen LogP contribution in [0.1, 0.15) is 52.0 Å².